The quantitative estimate of drug-likeness (QED) is 0.775. The van der Waals surface area contributed by atoms with Crippen LogP contribution < -0.4 is 9.47 Å². The summed E-state index contributed by atoms with van der Waals surface area (Å²) in [6.45, 7) is 10.3. The van der Waals surface area contributed by atoms with Gasteiger partial charge in [0.05, 0.1) is 14.2 Å². The van der Waals surface area contributed by atoms with E-state index in [1.165, 1.54) is 16.7 Å². The fraction of sp³-hybridized carbons (Fsp3) is 0.571. The Labute approximate surface area is 99.6 Å². The maximum absolute atomic E-state index is 5.34. The van der Waals surface area contributed by atoms with Gasteiger partial charge in [-0.1, -0.05) is 20.8 Å². The molecule has 0 aliphatic carbocycles. The van der Waals surface area contributed by atoms with Crippen molar-refractivity contribution in [2.45, 2.75) is 41.0 Å². The molecule has 1 aromatic rings. The lowest BCUT2D eigenvalue weighted by Crippen LogP contribution is -1.99. The molecule has 0 saturated heterocycles. The minimum Gasteiger partial charge on any atom is -0.493 e. The average molecular weight is 224 g/mol. The van der Waals surface area contributed by atoms with E-state index in [9.17, 15) is 0 Å². The highest BCUT2D eigenvalue weighted by Gasteiger charge is 2.12. The molecule has 0 radical (unpaired) electrons. The number of ether oxygens (including phenoxy) is 2. The first-order chi connectivity index (χ1) is 7.65. The summed E-state index contributed by atoms with van der Waals surface area (Å²) in [6.07, 6.45) is 1.03. The van der Waals surface area contributed by atoms with E-state index in [-0.39, 0.29) is 0 Å². The van der Waals surface area contributed by atoms with E-state index in [1.54, 1.807) is 14.2 Å². The Balaban J connectivity index is 0.00000106. The summed E-state index contributed by atoms with van der Waals surface area (Å²) < 4.78 is 10.6. The largest absolute Gasteiger partial charge is 0.493 e. The number of methoxy groups -OCH3 is 2. The van der Waals surface area contributed by atoms with Crippen LogP contribution in [-0.2, 0) is 6.42 Å². The minimum atomic E-state index is 0.819. The molecule has 16 heavy (non-hydrogen) atoms. The van der Waals surface area contributed by atoms with E-state index in [4.69, 9.17) is 9.47 Å². The molecule has 0 unspecified atom stereocenters. The third kappa shape index (κ3) is 2.91. The first-order valence-corrected chi connectivity index (χ1v) is 5.86. The highest BCUT2D eigenvalue weighted by atomic mass is 16.5. The molecule has 0 aliphatic heterocycles. The summed E-state index contributed by atoms with van der Waals surface area (Å²) >= 11 is 0. The van der Waals surface area contributed by atoms with Gasteiger partial charge < -0.3 is 9.47 Å². The second kappa shape index (κ2) is 7.15. The van der Waals surface area contributed by atoms with E-state index >= 15 is 0 Å². The minimum absolute atomic E-state index is 0.819. The molecule has 0 aromatic heterocycles. The van der Waals surface area contributed by atoms with Crippen LogP contribution in [0, 0.1) is 13.8 Å². The van der Waals surface area contributed by atoms with Crippen molar-refractivity contribution in [2.75, 3.05) is 14.2 Å². The topological polar surface area (TPSA) is 18.5 Å². The van der Waals surface area contributed by atoms with Crippen molar-refractivity contribution in [3.05, 3.63) is 22.8 Å². The Kier molecular flexibility index (Phi) is 6.63. The van der Waals surface area contributed by atoms with Gasteiger partial charge in [-0.25, -0.2) is 0 Å². The van der Waals surface area contributed by atoms with Gasteiger partial charge in [0.1, 0.15) is 0 Å². The highest BCUT2D eigenvalue weighted by molar-refractivity contribution is 5.53. The van der Waals surface area contributed by atoms with Crippen molar-refractivity contribution in [3.63, 3.8) is 0 Å². The number of hydrogen-bond acceptors (Lipinski definition) is 2. The second-order valence-electron chi connectivity index (χ2n) is 3.39. The lowest BCUT2D eigenvalue weighted by atomic mass is 9.99. The number of hydrogen-bond donors (Lipinski definition) is 0. The van der Waals surface area contributed by atoms with Crippen molar-refractivity contribution in [3.8, 4) is 11.5 Å². The Morgan fingerprint density at radius 3 is 2.00 bits per heavy atom. The van der Waals surface area contributed by atoms with Gasteiger partial charge >= 0.3 is 0 Å². The van der Waals surface area contributed by atoms with Crippen LogP contribution in [-0.4, -0.2) is 14.2 Å². The summed E-state index contributed by atoms with van der Waals surface area (Å²) in [4.78, 5) is 0. The van der Waals surface area contributed by atoms with Crippen LogP contribution in [0.2, 0.25) is 0 Å². The van der Waals surface area contributed by atoms with Gasteiger partial charge in [-0.15, -0.1) is 0 Å². The smallest absolute Gasteiger partial charge is 0.163 e. The standard InChI is InChI=1S/C12H18O2.C2H6/c1-6-10-8(2)7-11(13-4)12(14-5)9(10)3;1-2/h7H,6H2,1-5H3;1-2H3. The van der Waals surface area contributed by atoms with Gasteiger partial charge in [-0.05, 0) is 43.0 Å². The van der Waals surface area contributed by atoms with E-state index in [0.717, 1.165) is 17.9 Å². The molecule has 0 N–H and O–H groups in total. The SMILES string of the molecule is CC.CCc1c(C)cc(OC)c(OC)c1C. The monoisotopic (exact) mass is 224 g/mol. The normalized spacial score (nSPS) is 9.19. The zero-order valence-electron chi connectivity index (χ0n) is 11.6. The van der Waals surface area contributed by atoms with Crippen LogP contribution >= 0.6 is 0 Å². The van der Waals surface area contributed by atoms with Crippen molar-refractivity contribution >= 4 is 0 Å². The zero-order chi connectivity index (χ0) is 12.7. The molecule has 1 rings (SSSR count). The van der Waals surface area contributed by atoms with Crippen LogP contribution in [0.1, 0.15) is 37.5 Å². The molecule has 0 fully saturated rings. The fourth-order valence-electron chi connectivity index (χ4n) is 1.92. The number of benzene rings is 1. The Hall–Kier alpha value is -1.18. The molecular weight excluding hydrogens is 200 g/mol. The zero-order valence-corrected chi connectivity index (χ0v) is 11.6. The predicted molar refractivity (Wildman–Crippen MR) is 69.7 cm³/mol. The third-order valence-corrected chi connectivity index (χ3v) is 2.62. The maximum atomic E-state index is 5.34. The van der Waals surface area contributed by atoms with E-state index in [2.05, 4.69) is 20.8 Å². The molecule has 2 heteroatoms. The summed E-state index contributed by atoms with van der Waals surface area (Å²) in [5.74, 6) is 1.68. The van der Waals surface area contributed by atoms with Gasteiger partial charge in [-0.2, -0.15) is 0 Å². The van der Waals surface area contributed by atoms with Gasteiger partial charge in [0.2, 0.25) is 0 Å². The number of aryl methyl sites for hydroxylation is 1. The van der Waals surface area contributed by atoms with E-state index < -0.39 is 0 Å². The molecule has 0 amide bonds. The molecule has 0 saturated carbocycles. The van der Waals surface area contributed by atoms with E-state index in [1.807, 2.05) is 19.9 Å². The summed E-state index contributed by atoms with van der Waals surface area (Å²) in [7, 11) is 3.35. The fourth-order valence-corrected chi connectivity index (χ4v) is 1.92. The number of rotatable bonds is 3. The van der Waals surface area contributed by atoms with Gasteiger partial charge in [0, 0.05) is 0 Å². The van der Waals surface area contributed by atoms with Gasteiger partial charge in [-0.3, -0.25) is 0 Å². The lowest BCUT2D eigenvalue weighted by molar-refractivity contribution is 0.352. The van der Waals surface area contributed by atoms with Crippen molar-refractivity contribution in [1.29, 1.82) is 0 Å². The maximum Gasteiger partial charge on any atom is 0.163 e. The van der Waals surface area contributed by atoms with Gasteiger partial charge in [0.25, 0.3) is 0 Å². The molecule has 92 valence electrons. The summed E-state index contributed by atoms with van der Waals surface area (Å²) in [5, 5.41) is 0. The Morgan fingerprint density at radius 2 is 1.62 bits per heavy atom. The molecule has 2 nitrogen and oxygen atoms in total. The van der Waals surface area contributed by atoms with Crippen molar-refractivity contribution < 1.29 is 9.47 Å². The highest BCUT2D eigenvalue weighted by Crippen LogP contribution is 2.35. The predicted octanol–water partition coefficient (Wildman–Crippen LogP) is 3.91. The molecule has 0 aliphatic rings. The Bertz CT molecular complexity index is 330. The summed E-state index contributed by atoms with van der Waals surface area (Å²) in [6, 6.07) is 2.03. The molecule has 0 bridgehead atoms. The molecular formula is C14H24O2. The average Bonchev–Trinajstić information content (AvgIpc) is 2.31. The van der Waals surface area contributed by atoms with Crippen molar-refractivity contribution in [1.82, 2.24) is 0 Å². The summed E-state index contributed by atoms with van der Waals surface area (Å²) in [5.41, 5.74) is 3.80. The van der Waals surface area contributed by atoms with Crippen LogP contribution in [0.5, 0.6) is 11.5 Å². The molecule has 0 atom stereocenters. The molecule has 1 aromatic carbocycles. The van der Waals surface area contributed by atoms with Crippen LogP contribution in [0.4, 0.5) is 0 Å². The van der Waals surface area contributed by atoms with Crippen LogP contribution in [0.3, 0.4) is 0 Å². The van der Waals surface area contributed by atoms with Crippen LogP contribution in [0.25, 0.3) is 0 Å². The first kappa shape index (κ1) is 14.8. The lowest BCUT2D eigenvalue weighted by Gasteiger charge is -2.15. The molecule has 0 spiro atoms. The Morgan fingerprint density at radius 1 is 1.06 bits per heavy atom. The molecule has 0 heterocycles. The second-order valence-corrected chi connectivity index (χ2v) is 3.39. The first-order valence-electron chi connectivity index (χ1n) is 5.86. The van der Waals surface area contributed by atoms with E-state index in [0.29, 0.717) is 0 Å². The van der Waals surface area contributed by atoms with Crippen LogP contribution in [0.15, 0.2) is 6.07 Å². The van der Waals surface area contributed by atoms with Crippen molar-refractivity contribution in [2.24, 2.45) is 0 Å². The third-order valence-electron chi connectivity index (χ3n) is 2.62. The van der Waals surface area contributed by atoms with Gasteiger partial charge in [0.15, 0.2) is 11.5 Å².